The van der Waals surface area contributed by atoms with Gasteiger partial charge in [0.25, 0.3) is 0 Å². The van der Waals surface area contributed by atoms with E-state index in [2.05, 4.69) is 15.6 Å². The molecule has 0 spiro atoms. The maximum atomic E-state index is 12.6. The second-order valence-electron chi connectivity index (χ2n) is 7.67. The predicted octanol–water partition coefficient (Wildman–Crippen LogP) is 2.93. The SMILES string of the molecule is CC1CN(C(=O)Nc2ccc3nc(SCC(=O)NC4CCOC4)sc3c2)CC(C)O1. The number of thiazole rings is 1. The molecular formula is C20H26N4O4S2. The molecule has 3 heterocycles. The molecule has 0 saturated carbocycles. The molecule has 30 heavy (non-hydrogen) atoms. The van der Waals surface area contributed by atoms with Crippen molar-refractivity contribution in [3.63, 3.8) is 0 Å². The van der Waals surface area contributed by atoms with Crippen molar-refractivity contribution in [3.8, 4) is 0 Å². The second kappa shape index (κ2) is 9.51. The molecule has 10 heteroatoms. The fraction of sp³-hybridized carbons (Fsp3) is 0.550. The molecule has 1 aromatic carbocycles. The number of morpholine rings is 1. The summed E-state index contributed by atoms with van der Waals surface area (Å²) in [6, 6.07) is 5.68. The van der Waals surface area contributed by atoms with Gasteiger partial charge in [0.05, 0.1) is 40.8 Å². The van der Waals surface area contributed by atoms with E-state index in [-0.39, 0.29) is 30.2 Å². The predicted molar refractivity (Wildman–Crippen MR) is 118 cm³/mol. The number of hydrogen-bond acceptors (Lipinski definition) is 7. The molecule has 2 N–H and O–H groups in total. The lowest BCUT2D eigenvalue weighted by atomic mass is 10.2. The maximum Gasteiger partial charge on any atom is 0.322 e. The Balaban J connectivity index is 1.34. The number of nitrogens with one attached hydrogen (secondary N) is 2. The first-order chi connectivity index (χ1) is 14.5. The van der Waals surface area contributed by atoms with Crippen LogP contribution in [0.5, 0.6) is 0 Å². The van der Waals surface area contributed by atoms with Gasteiger partial charge >= 0.3 is 6.03 Å². The molecule has 4 rings (SSSR count). The van der Waals surface area contributed by atoms with Crippen molar-refractivity contribution >= 4 is 50.9 Å². The highest BCUT2D eigenvalue weighted by molar-refractivity contribution is 8.01. The number of urea groups is 1. The third kappa shape index (κ3) is 5.42. The number of nitrogens with zero attached hydrogens (tertiary/aromatic N) is 2. The number of anilines is 1. The van der Waals surface area contributed by atoms with E-state index < -0.39 is 0 Å². The zero-order chi connectivity index (χ0) is 21.1. The topological polar surface area (TPSA) is 92.8 Å². The van der Waals surface area contributed by atoms with Gasteiger partial charge < -0.3 is 25.0 Å². The zero-order valence-corrected chi connectivity index (χ0v) is 18.7. The minimum atomic E-state index is -0.122. The number of carbonyl (C=O) groups is 2. The van der Waals surface area contributed by atoms with E-state index in [1.807, 2.05) is 32.0 Å². The molecule has 2 aliphatic rings. The first kappa shape index (κ1) is 21.4. The van der Waals surface area contributed by atoms with E-state index in [0.29, 0.717) is 32.1 Å². The Morgan fingerprint density at radius 1 is 1.30 bits per heavy atom. The smallest absolute Gasteiger partial charge is 0.322 e. The van der Waals surface area contributed by atoms with Crippen LogP contribution in [0, 0.1) is 0 Å². The van der Waals surface area contributed by atoms with Crippen LogP contribution in [0.3, 0.4) is 0 Å². The minimum Gasteiger partial charge on any atom is -0.379 e. The van der Waals surface area contributed by atoms with Gasteiger partial charge in [-0.25, -0.2) is 9.78 Å². The van der Waals surface area contributed by atoms with E-state index in [4.69, 9.17) is 9.47 Å². The quantitative estimate of drug-likeness (QED) is 0.681. The first-order valence-electron chi connectivity index (χ1n) is 10.1. The molecule has 2 aromatic rings. The molecule has 3 amide bonds. The number of carbonyl (C=O) groups excluding carboxylic acids is 2. The number of aromatic nitrogens is 1. The Bertz CT molecular complexity index is 905. The summed E-state index contributed by atoms with van der Waals surface area (Å²) in [6.45, 7) is 6.40. The molecule has 162 valence electrons. The van der Waals surface area contributed by atoms with Gasteiger partial charge in [-0.2, -0.15) is 0 Å². The summed E-state index contributed by atoms with van der Waals surface area (Å²) in [7, 11) is 0. The standard InChI is InChI=1S/C20H26N4O4S2/c1-12-8-24(9-13(2)28-12)19(26)22-14-3-4-16-17(7-14)30-20(23-16)29-11-18(25)21-15-5-6-27-10-15/h3-4,7,12-13,15H,5-6,8-11H2,1-2H3,(H,21,25)(H,22,26). The summed E-state index contributed by atoms with van der Waals surface area (Å²) in [6.07, 6.45) is 0.928. The average Bonchev–Trinajstić information content (AvgIpc) is 3.34. The summed E-state index contributed by atoms with van der Waals surface area (Å²) in [4.78, 5) is 31.1. The molecule has 0 bridgehead atoms. The molecule has 1 aromatic heterocycles. The molecule has 2 aliphatic heterocycles. The molecular weight excluding hydrogens is 424 g/mol. The third-order valence-electron chi connectivity index (χ3n) is 4.95. The van der Waals surface area contributed by atoms with Gasteiger partial charge in [0.1, 0.15) is 0 Å². The summed E-state index contributed by atoms with van der Waals surface area (Å²) >= 11 is 2.95. The van der Waals surface area contributed by atoms with Gasteiger partial charge in [-0.15, -0.1) is 11.3 Å². The summed E-state index contributed by atoms with van der Waals surface area (Å²) in [5.41, 5.74) is 1.59. The van der Waals surface area contributed by atoms with Gasteiger partial charge in [-0.1, -0.05) is 11.8 Å². The van der Waals surface area contributed by atoms with E-state index >= 15 is 0 Å². The van der Waals surface area contributed by atoms with Crippen molar-refractivity contribution in [2.75, 3.05) is 37.4 Å². The number of amides is 3. The van der Waals surface area contributed by atoms with E-state index in [0.717, 1.165) is 26.7 Å². The van der Waals surface area contributed by atoms with Crippen LogP contribution >= 0.6 is 23.1 Å². The number of thioether (sulfide) groups is 1. The number of rotatable bonds is 5. The highest BCUT2D eigenvalue weighted by Crippen LogP contribution is 2.31. The van der Waals surface area contributed by atoms with Crippen molar-refractivity contribution in [1.82, 2.24) is 15.2 Å². The Kier molecular flexibility index (Phi) is 6.77. The van der Waals surface area contributed by atoms with Crippen LogP contribution in [0.4, 0.5) is 10.5 Å². The van der Waals surface area contributed by atoms with Crippen molar-refractivity contribution in [3.05, 3.63) is 18.2 Å². The van der Waals surface area contributed by atoms with Crippen LogP contribution in [-0.4, -0.2) is 72.1 Å². The molecule has 8 nitrogen and oxygen atoms in total. The van der Waals surface area contributed by atoms with E-state index in [1.165, 1.54) is 23.1 Å². The van der Waals surface area contributed by atoms with Crippen LogP contribution in [0.15, 0.2) is 22.5 Å². The highest BCUT2D eigenvalue weighted by Gasteiger charge is 2.26. The average molecular weight is 451 g/mol. The lowest BCUT2D eigenvalue weighted by Crippen LogP contribution is -2.49. The number of benzene rings is 1. The number of ether oxygens (including phenoxy) is 2. The van der Waals surface area contributed by atoms with Crippen LogP contribution in [-0.2, 0) is 14.3 Å². The second-order valence-corrected chi connectivity index (χ2v) is 9.92. The van der Waals surface area contributed by atoms with Gasteiger partial charge in [0.15, 0.2) is 4.34 Å². The lowest BCUT2D eigenvalue weighted by molar-refractivity contribution is -0.119. The van der Waals surface area contributed by atoms with Gasteiger partial charge in [-0.3, -0.25) is 4.79 Å². The summed E-state index contributed by atoms with van der Waals surface area (Å²) in [5, 5.41) is 5.95. The van der Waals surface area contributed by atoms with Gasteiger partial charge in [0, 0.05) is 25.4 Å². The monoisotopic (exact) mass is 450 g/mol. The van der Waals surface area contributed by atoms with Crippen LogP contribution < -0.4 is 10.6 Å². The Morgan fingerprint density at radius 2 is 2.10 bits per heavy atom. The normalized spacial score (nSPS) is 24.2. The van der Waals surface area contributed by atoms with Crippen molar-refractivity contribution in [2.24, 2.45) is 0 Å². The fourth-order valence-electron chi connectivity index (χ4n) is 3.63. The Hall–Kier alpha value is -1.88. The minimum absolute atomic E-state index is 0.00308. The largest absolute Gasteiger partial charge is 0.379 e. The third-order valence-corrected chi connectivity index (χ3v) is 7.11. The molecule has 0 aliphatic carbocycles. The van der Waals surface area contributed by atoms with E-state index in [9.17, 15) is 9.59 Å². The van der Waals surface area contributed by atoms with Crippen LogP contribution in [0.25, 0.3) is 10.2 Å². The Morgan fingerprint density at radius 3 is 2.83 bits per heavy atom. The zero-order valence-electron chi connectivity index (χ0n) is 17.1. The van der Waals surface area contributed by atoms with Crippen LogP contribution in [0.1, 0.15) is 20.3 Å². The summed E-state index contributed by atoms with van der Waals surface area (Å²) in [5.74, 6) is 0.324. The summed E-state index contributed by atoms with van der Waals surface area (Å²) < 4.78 is 12.8. The number of fused-ring (bicyclic) bond motifs is 1. The van der Waals surface area contributed by atoms with Crippen molar-refractivity contribution in [1.29, 1.82) is 0 Å². The molecule has 3 atom stereocenters. The van der Waals surface area contributed by atoms with E-state index in [1.54, 1.807) is 4.90 Å². The maximum absolute atomic E-state index is 12.6. The fourth-order valence-corrected chi connectivity index (χ4v) is 5.55. The molecule has 3 unspecified atom stereocenters. The van der Waals surface area contributed by atoms with Gasteiger partial charge in [-0.05, 0) is 38.5 Å². The van der Waals surface area contributed by atoms with Crippen molar-refractivity contribution in [2.45, 2.75) is 42.9 Å². The van der Waals surface area contributed by atoms with Crippen molar-refractivity contribution < 1.29 is 19.1 Å². The molecule has 2 fully saturated rings. The Labute approximate surface area is 183 Å². The van der Waals surface area contributed by atoms with Gasteiger partial charge in [0.2, 0.25) is 5.91 Å². The highest BCUT2D eigenvalue weighted by atomic mass is 32.2. The lowest BCUT2D eigenvalue weighted by Gasteiger charge is -2.35. The van der Waals surface area contributed by atoms with Crippen LogP contribution in [0.2, 0.25) is 0 Å². The first-order valence-corrected chi connectivity index (χ1v) is 11.9. The molecule has 2 saturated heterocycles. The molecule has 0 radical (unpaired) electrons. The number of hydrogen-bond donors (Lipinski definition) is 2.